The van der Waals surface area contributed by atoms with E-state index in [0.29, 0.717) is 0 Å². The van der Waals surface area contributed by atoms with E-state index in [0.717, 1.165) is 11.4 Å². The maximum absolute atomic E-state index is 4.03. The lowest BCUT2D eigenvalue weighted by molar-refractivity contribution is 0.719. The zero-order valence-electron chi connectivity index (χ0n) is 8.17. The van der Waals surface area contributed by atoms with Gasteiger partial charge >= 0.3 is 0 Å². The van der Waals surface area contributed by atoms with E-state index in [1.807, 2.05) is 24.3 Å². The van der Waals surface area contributed by atoms with Gasteiger partial charge in [-0.2, -0.15) is 5.10 Å². The molecule has 0 N–H and O–H groups in total. The molecule has 3 rings (SSSR count). The second-order valence-corrected chi connectivity index (χ2v) is 3.08. The molecule has 0 spiro atoms. The van der Waals surface area contributed by atoms with Gasteiger partial charge < -0.3 is 0 Å². The molecule has 0 aliphatic carbocycles. The highest BCUT2D eigenvalue weighted by atomic mass is 15.6. The summed E-state index contributed by atoms with van der Waals surface area (Å²) in [6.45, 7) is 0. The van der Waals surface area contributed by atoms with Gasteiger partial charge in [0.1, 0.15) is 12.7 Å². The van der Waals surface area contributed by atoms with Gasteiger partial charge in [0.2, 0.25) is 0 Å². The van der Waals surface area contributed by atoms with Crippen LogP contribution in [0.5, 0.6) is 0 Å². The zero-order valence-corrected chi connectivity index (χ0v) is 8.17. The van der Waals surface area contributed by atoms with Crippen molar-refractivity contribution >= 4 is 0 Å². The summed E-state index contributed by atoms with van der Waals surface area (Å²) in [7, 11) is 0. The SMILES string of the molecule is c1ncn(-c2ccc(-n3ncnn3)cc2)n1. The highest BCUT2D eigenvalue weighted by Crippen LogP contribution is 2.09. The average Bonchev–Trinajstić information content (AvgIpc) is 3.03. The fourth-order valence-corrected chi connectivity index (χ4v) is 1.37. The highest BCUT2D eigenvalue weighted by molar-refractivity contribution is 5.39. The van der Waals surface area contributed by atoms with Crippen molar-refractivity contribution in [2.75, 3.05) is 0 Å². The van der Waals surface area contributed by atoms with Gasteiger partial charge in [-0.3, -0.25) is 0 Å². The maximum atomic E-state index is 4.03. The van der Waals surface area contributed by atoms with Crippen LogP contribution in [0.3, 0.4) is 0 Å². The van der Waals surface area contributed by atoms with Crippen molar-refractivity contribution in [3.05, 3.63) is 43.2 Å². The van der Waals surface area contributed by atoms with Gasteiger partial charge in [-0.1, -0.05) is 0 Å². The second kappa shape index (κ2) is 3.54. The van der Waals surface area contributed by atoms with Crippen molar-refractivity contribution in [1.82, 2.24) is 35.0 Å². The molecule has 0 aliphatic rings. The minimum Gasteiger partial charge on any atom is -0.223 e. The van der Waals surface area contributed by atoms with E-state index in [1.54, 1.807) is 11.0 Å². The van der Waals surface area contributed by atoms with Gasteiger partial charge in [-0.15, -0.1) is 15.0 Å². The first-order chi connectivity index (χ1) is 7.93. The van der Waals surface area contributed by atoms with Crippen LogP contribution in [-0.4, -0.2) is 35.0 Å². The molecular weight excluding hydrogens is 206 g/mol. The molecule has 7 heteroatoms. The molecule has 1 aromatic carbocycles. The molecule has 2 aromatic heterocycles. The molecule has 0 fully saturated rings. The van der Waals surface area contributed by atoms with Crippen LogP contribution in [0.25, 0.3) is 11.4 Å². The summed E-state index contributed by atoms with van der Waals surface area (Å²) < 4.78 is 1.68. The van der Waals surface area contributed by atoms with Crippen LogP contribution in [-0.2, 0) is 0 Å². The smallest absolute Gasteiger partial charge is 0.162 e. The van der Waals surface area contributed by atoms with E-state index in [1.165, 1.54) is 17.5 Å². The van der Waals surface area contributed by atoms with Crippen LogP contribution in [0.2, 0.25) is 0 Å². The van der Waals surface area contributed by atoms with E-state index in [-0.39, 0.29) is 0 Å². The lowest BCUT2D eigenvalue weighted by Crippen LogP contribution is -2.00. The van der Waals surface area contributed by atoms with Gasteiger partial charge in [0.25, 0.3) is 0 Å². The predicted octanol–water partition coefficient (Wildman–Crippen LogP) is 0.243. The van der Waals surface area contributed by atoms with E-state index in [4.69, 9.17) is 0 Å². The Labute approximate surface area is 90.4 Å². The topological polar surface area (TPSA) is 74.3 Å². The van der Waals surface area contributed by atoms with Gasteiger partial charge in [0.15, 0.2) is 6.33 Å². The Bertz CT molecular complexity index is 499. The maximum Gasteiger partial charge on any atom is 0.162 e. The number of benzene rings is 1. The molecule has 0 bridgehead atoms. The molecule has 2 heterocycles. The molecule has 16 heavy (non-hydrogen) atoms. The number of nitrogens with zero attached hydrogens (tertiary/aromatic N) is 7. The van der Waals surface area contributed by atoms with Crippen molar-refractivity contribution in [2.45, 2.75) is 0 Å². The van der Waals surface area contributed by atoms with Gasteiger partial charge in [0.05, 0.1) is 11.4 Å². The Hall–Kier alpha value is -2.57. The molecule has 0 amide bonds. The molecule has 0 aliphatic heterocycles. The summed E-state index contributed by atoms with van der Waals surface area (Å²) in [5.41, 5.74) is 1.78. The third-order valence-electron chi connectivity index (χ3n) is 2.11. The average molecular weight is 213 g/mol. The fourth-order valence-electron chi connectivity index (χ4n) is 1.37. The Kier molecular flexibility index (Phi) is 1.93. The predicted molar refractivity (Wildman–Crippen MR) is 54.1 cm³/mol. The minimum absolute atomic E-state index is 0.848. The van der Waals surface area contributed by atoms with Gasteiger partial charge in [0, 0.05) is 0 Å². The van der Waals surface area contributed by atoms with Gasteiger partial charge in [-0.25, -0.2) is 9.67 Å². The van der Waals surface area contributed by atoms with E-state index in [9.17, 15) is 0 Å². The molecule has 3 aromatic rings. The first kappa shape index (κ1) is 8.72. The summed E-state index contributed by atoms with van der Waals surface area (Å²) in [5.74, 6) is 0. The summed E-state index contributed by atoms with van der Waals surface area (Å²) in [5, 5.41) is 15.4. The van der Waals surface area contributed by atoms with Crippen molar-refractivity contribution in [3.63, 3.8) is 0 Å². The standard InChI is InChI=1S/C9H7N7/c1-3-9(16-13-6-11-14-16)4-2-8(1)15-7-10-5-12-15/h1-7H. The number of tetrazole rings is 1. The largest absolute Gasteiger partial charge is 0.223 e. The molecule has 0 saturated heterocycles. The van der Waals surface area contributed by atoms with Crippen molar-refractivity contribution in [2.24, 2.45) is 0 Å². The Balaban J connectivity index is 1.97. The number of hydrogen-bond donors (Lipinski definition) is 0. The van der Waals surface area contributed by atoms with Crippen LogP contribution in [0, 0.1) is 0 Å². The summed E-state index contributed by atoms with van der Waals surface area (Å²) >= 11 is 0. The lowest BCUT2D eigenvalue weighted by atomic mass is 10.3. The highest BCUT2D eigenvalue weighted by Gasteiger charge is 2.00. The molecule has 0 unspecified atom stereocenters. The summed E-state index contributed by atoms with van der Waals surface area (Å²) in [6.07, 6.45) is 4.53. The lowest BCUT2D eigenvalue weighted by Gasteiger charge is -2.01. The third kappa shape index (κ3) is 1.44. The van der Waals surface area contributed by atoms with Crippen molar-refractivity contribution in [1.29, 1.82) is 0 Å². The number of hydrogen-bond acceptors (Lipinski definition) is 5. The first-order valence-electron chi connectivity index (χ1n) is 4.62. The van der Waals surface area contributed by atoms with Crippen LogP contribution in [0.4, 0.5) is 0 Å². The third-order valence-corrected chi connectivity index (χ3v) is 2.11. The number of rotatable bonds is 2. The normalized spacial score (nSPS) is 10.5. The minimum atomic E-state index is 0.848. The van der Waals surface area contributed by atoms with Crippen LogP contribution in [0.15, 0.2) is 43.2 Å². The summed E-state index contributed by atoms with van der Waals surface area (Å²) in [4.78, 5) is 5.33. The van der Waals surface area contributed by atoms with E-state index >= 15 is 0 Å². The molecule has 78 valence electrons. The second-order valence-electron chi connectivity index (χ2n) is 3.08. The zero-order chi connectivity index (χ0) is 10.8. The number of aromatic nitrogens is 7. The Morgan fingerprint density at radius 1 is 0.875 bits per heavy atom. The van der Waals surface area contributed by atoms with Crippen molar-refractivity contribution in [3.8, 4) is 11.4 Å². The molecule has 0 atom stereocenters. The molecular formula is C9H7N7. The Morgan fingerprint density at radius 2 is 1.69 bits per heavy atom. The fraction of sp³-hybridized carbons (Fsp3) is 0. The monoisotopic (exact) mass is 213 g/mol. The van der Waals surface area contributed by atoms with E-state index in [2.05, 4.69) is 25.5 Å². The Morgan fingerprint density at radius 3 is 2.31 bits per heavy atom. The molecule has 0 saturated carbocycles. The van der Waals surface area contributed by atoms with E-state index < -0.39 is 0 Å². The molecule has 0 radical (unpaired) electrons. The van der Waals surface area contributed by atoms with Crippen LogP contribution < -0.4 is 0 Å². The quantitative estimate of drug-likeness (QED) is 0.609. The first-order valence-corrected chi connectivity index (χ1v) is 4.62. The van der Waals surface area contributed by atoms with Crippen molar-refractivity contribution < 1.29 is 0 Å². The summed E-state index contributed by atoms with van der Waals surface area (Å²) in [6, 6.07) is 7.60. The van der Waals surface area contributed by atoms with Gasteiger partial charge in [-0.05, 0) is 29.5 Å². The van der Waals surface area contributed by atoms with Crippen LogP contribution >= 0.6 is 0 Å². The molecule has 7 nitrogen and oxygen atoms in total. The van der Waals surface area contributed by atoms with Crippen LogP contribution in [0.1, 0.15) is 0 Å².